The van der Waals surface area contributed by atoms with E-state index in [-0.39, 0.29) is 0 Å². The van der Waals surface area contributed by atoms with Crippen LogP contribution in [-0.2, 0) is 0 Å². The van der Waals surface area contributed by atoms with Crippen molar-refractivity contribution in [3.05, 3.63) is 29.8 Å². The van der Waals surface area contributed by atoms with Crippen molar-refractivity contribution in [2.75, 3.05) is 23.7 Å². The van der Waals surface area contributed by atoms with E-state index >= 15 is 0 Å². The lowest BCUT2D eigenvalue weighted by molar-refractivity contribution is 0.112. The third kappa shape index (κ3) is 2.59. The number of carbonyl (C=O) groups excluding carboxylic acids is 1. The molecule has 0 aromatic heterocycles. The van der Waals surface area contributed by atoms with E-state index in [4.69, 9.17) is 0 Å². The van der Waals surface area contributed by atoms with E-state index in [9.17, 15) is 4.79 Å². The number of hydrogen-bond acceptors (Lipinski definition) is 3. The van der Waals surface area contributed by atoms with Gasteiger partial charge in [0.2, 0.25) is 0 Å². The summed E-state index contributed by atoms with van der Waals surface area (Å²) in [6.45, 7) is 4.49. The molecule has 1 fully saturated rings. The molecule has 2 rings (SSSR count). The summed E-state index contributed by atoms with van der Waals surface area (Å²) in [6.07, 6.45) is 2.12. The highest BCUT2D eigenvalue weighted by Crippen LogP contribution is 2.25. The van der Waals surface area contributed by atoms with Crippen LogP contribution in [0, 0.1) is 0 Å². The second-order valence-corrected chi connectivity index (χ2v) is 5.46. The minimum absolute atomic E-state index is 0.750. The van der Waals surface area contributed by atoms with E-state index in [0.717, 1.165) is 30.2 Å². The minimum Gasteiger partial charge on any atom is -0.370 e. The van der Waals surface area contributed by atoms with Gasteiger partial charge in [0.25, 0.3) is 0 Å². The molecule has 3 heteroatoms. The quantitative estimate of drug-likeness (QED) is 0.751. The summed E-state index contributed by atoms with van der Waals surface area (Å²) in [5.41, 5.74) is 1.99. The van der Waals surface area contributed by atoms with Crippen LogP contribution in [0.3, 0.4) is 0 Å². The van der Waals surface area contributed by atoms with Crippen LogP contribution in [0.4, 0.5) is 5.69 Å². The standard InChI is InChI=1S/C13H17NOS/c1-2-13-9-14(7-8-16-13)12-5-3-11(10-15)4-6-12/h3-6,10,13H,2,7-9H2,1H3. The number of nitrogens with zero attached hydrogens (tertiary/aromatic N) is 1. The molecular weight excluding hydrogens is 218 g/mol. The first-order valence-electron chi connectivity index (χ1n) is 5.75. The van der Waals surface area contributed by atoms with Crippen molar-refractivity contribution >= 4 is 23.7 Å². The molecule has 1 heterocycles. The molecule has 1 aliphatic heterocycles. The summed E-state index contributed by atoms with van der Waals surface area (Å²) in [6, 6.07) is 7.88. The molecule has 2 nitrogen and oxygen atoms in total. The molecule has 1 unspecified atom stereocenters. The topological polar surface area (TPSA) is 20.3 Å². The molecule has 0 N–H and O–H groups in total. The normalized spacial score (nSPS) is 20.8. The molecule has 1 aliphatic rings. The van der Waals surface area contributed by atoms with Crippen molar-refractivity contribution in [2.24, 2.45) is 0 Å². The van der Waals surface area contributed by atoms with E-state index < -0.39 is 0 Å². The van der Waals surface area contributed by atoms with Crippen molar-refractivity contribution in [1.82, 2.24) is 0 Å². The molecule has 0 bridgehead atoms. The fourth-order valence-corrected chi connectivity index (χ4v) is 3.14. The van der Waals surface area contributed by atoms with Crippen LogP contribution in [0.15, 0.2) is 24.3 Å². The molecule has 0 spiro atoms. The summed E-state index contributed by atoms with van der Waals surface area (Å²) in [5.74, 6) is 1.20. The van der Waals surface area contributed by atoms with E-state index in [2.05, 4.69) is 23.6 Å². The Hall–Kier alpha value is -0.960. The number of thioether (sulfide) groups is 1. The lowest BCUT2D eigenvalue weighted by atomic mass is 10.2. The Morgan fingerprint density at radius 2 is 2.19 bits per heavy atom. The van der Waals surface area contributed by atoms with Crippen molar-refractivity contribution in [3.63, 3.8) is 0 Å². The smallest absolute Gasteiger partial charge is 0.150 e. The minimum atomic E-state index is 0.750. The van der Waals surface area contributed by atoms with E-state index in [1.54, 1.807) is 0 Å². The fourth-order valence-electron chi connectivity index (χ4n) is 1.96. The second kappa shape index (κ2) is 5.39. The van der Waals surface area contributed by atoms with Gasteiger partial charge in [0.1, 0.15) is 6.29 Å². The third-order valence-corrected chi connectivity index (χ3v) is 4.36. The Balaban J connectivity index is 2.07. The van der Waals surface area contributed by atoms with Gasteiger partial charge in [-0.25, -0.2) is 0 Å². The highest BCUT2D eigenvalue weighted by molar-refractivity contribution is 8.00. The molecule has 0 radical (unpaired) electrons. The zero-order valence-electron chi connectivity index (χ0n) is 9.56. The second-order valence-electron chi connectivity index (χ2n) is 4.06. The molecule has 0 saturated carbocycles. The molecule has 16 heavy (non-hydrogen) atoms. The van der Waals surface area contributed by atoms with Crippen molar-refractivity contribution in [3.8, 4) is 0 Å². The molecule has 1 aromatic rings. The van der Waals surface area contributed by atoms with E-state index in [0.29, 0.717) is 0 Å². The first kappa shape index (κ1) is 11.5. The Labute approximate surface area is 101 Å². The number of carbonyl (C=O) groups is 1. The van der Waals surface area contributed by atoms with Crippen LogP contribution in [0.1, 0.15) is 23.7 Å². The zero-order valence-corrected chi connectivity index (χ0v) is 10.4. The molecule has 86 valence electrons. The highest BCUT2D eigenvalue weighted by Gasteiger charge is 2.18. The molecular formula is C13H17NOS. The van der Waals surface area contributed by atoms with Crippen molar-refractivity contribution in [2.45, 2.75) is 18.6 Å². The van der Waals surface area contributed by atoms with Gasteiger partial charge >= 0.3 is 0 Å². The van der Waals surface area contributed by atoms with Crippen LogP contribution in [0.5, 0.6) is 0 Å². The van der Waals surface area contributed by atoms with Gasteiger partial charge in [-0.3, -0.25) is 4.79 Å². The van der Waals surface area contributed by atoms with Gasteiger partial charge in [-0.1, -0.05) is 6.92 Å². The van der Waals surface area contributed by atoms with E-state index in [1.807, 2.05) is 24.3 Å². The Kier molecular flexibility index (Phi) is 3.88. The predicted octanol–water partition coefficient (Wildman–Crippen LogP) is 2.83. The lowest BCUT2D eigenvalue weighted by Gasteiger charge is -2.33. The largest absolute Gasteiger partial charge is 0.370 e. The summed E-state index contributed by atoms with van der Waals surface area (Å²) < 4.78 is 0. The van der Waals surface area contributed by atoms with Crippen LogP contribution < -0.4 is 4.90 Å². The maximum atomic E-state index is 10.6. The summed E-state index contributed by atoms with van der Waals surface area (Å²) in [5, 5.41) is 0.750. The van der Waals surface area contributed by atoms with Gasteiger partial charge in [-0.2, -0.15) is 11.8 Å². The predicted molar refractivity (Wildman–Crippen MR) is 70.6 cm³/mol. The van der Waals surface area contributed by atoms with Crippen molar-refractivity contribution < 1.29 is 4.79 Å². The maximum absolute atomic E-state index is 10.6. The number of anilines is 1. The number of rotatable bonds is 3. The van der Waals surface area contributed by atoms with Gasteiger partial charge in [0.05, 0.1) is 0 Å². The SMILES string of the molecule is CCC1CN(c2ccc(C=O)cc2)CCS1. The Bertz CT molecular complexity index is 349. The summed E-state index contributed by atoms with van der Waals surface area (Å²) in [7, 11) is 0. The lowest BCUT2D eigenvalue weighted by Crippen LogP contribution is -2.37. The Morgan fingerprint density at radius 3 is 2.81 bits per heavy atom. The summed E-state index contributed by atoms with van der Waals surface area (Å²) in [4.78, 5) is 13.0. The van der Waals surface area contributed by atoms with Gasteiger partial charge in [-0.15, -0.1) is 0 Å². The van der Waals surface area contributed by atoms with Gasteiger partial charge in [-0.05, 0) is 30.7 Å². The average molecular weight is 235 g/mol. The number of aldehydes is 1. The van der Waals surface area contributed by atoms with Crippen molar-refractivity contribution in [1.29, 1.82) is 0 Å². The Morgan fingerprint density at radius 1 is 1.44 bits per heavy atom. The van der Waals surface area contributed by atoms with Crippen LogP contribution in [0.25, 0.3) is 0 Å². The molecule has 0 amide bonds. The first-order valence-corrected chi connectivity index (χ1v) is 6.80. The van der Waals surface area contributed by atoms with Gasteiger partial charge in [0.15, 0.2) is 0 Å². The molecule has 1 aromatic carbocycles. The monoisotopic (exact) mass is 235 g/mol. The highest BCUT2D eigenvalue weighted by atomic mass is 32.2. The fraction of sp³-hybridized carbons (Fsp3) is 0.462. The summed E-state index contributed by atoms with van der Waals surface area (Å²) >= 11 is 2.07. The van der Waals surface area contributed by atoms with Gasteiger partial charge < -0.3 is 4.90 Å². The first-order chi connectivity index (χ1) is 7.83. The van der Waals surface area contributed by atoms with Crippen LogP contribution >= 0.6 is 11.8 Å². The zero-order chi connectivity index (χ0) is 11.4. The van der Waals surface area contributed by atoms with Crippen LogP contribution in [-0.4, -0.2) is 30.4 Å². The molecule has 1 atom stereocenters. The average Bonchev–Trinajstić information content (AvgIpc) is 2.39. The molecule has 0 aliphatic carbocycles. The van der Waals surface area contributed by atoms with E-state index in [1.165, 1.54) is 17.9 Å². The number of hydrogen-bond donors (Lipinski definition) is 0. The molecule has 1 saturated heterocycles. The van der Waals surface area contributed by atoms with Gasteiger partial charge in [0, 0.05) is 35.3 Å². The van der Waals surface area contributed by atoms with Crippen LogP contribution in [0.2, 0.25) is 0 Å². The maximum Gasteiger partial charge on any atom is 0.150 e. The number of benzene rings is 1. The third-order valence-electron chi connectivity index (χ3n) is 2.99.